The van der Waals surface area contributed by atoms with Gasteiger partial charge in [0.05, 0.1) is 5.02 Å². The Bertz CT molecular complexity index is 420. The van der Waals surface area contributed by atoms with E-state index >= 15 is 0 Å². The lowest BCUT2D eigenvalue weighted by Gasteiger charge is -2.16. The Morgan fingerprint density at radius 1 is 1.53 bits per heavy atom. The van der Waals surface area contributed by atoms with Gasteiger partial charge >= 0.3 is 0 Å². The fraction of sp³-hybridized carbons (Fsp3) is 0.500. The molecule has 0 radical (unpaired) electrons. The summed E-state index contributed by atoms with van der Waals surface area (Å²) in [5, 5.41) is 0.221. The van der Waals surface area contributed by atoms with Crippen LogP contribution in [0.1, 0.15) is 12.0 Å². The minimum Gasteiger partial charge on any atom is -0.305 e. The van der Waals surface area contributed by atoms with Crippen LogP contribution in [0.2, 0.25) is 5.02 Å². The number of halogens is 2. The summed E-state index contributed by atoms with van der Waals surface area (Å²) in [4.78, 5) is 2.32. The highest BCUT2D eigenvalue weighted by Crippen LogP contribution is 2.58. The van der Waals surface area contributed by atoms with Crippen molar-refractivity contribution >= 4 is 11.6 Å². The van der Waals surface area contributed by atoms with Crippen LogP contribution < -0.4 is 0 Å². The zero-order valence-corrected chi connectivity index (χ0v) is 9.39. The van der Waals surface area contributed by atoms with Crippen molar-refractivity contribution in [1.82, 2.24) is 4.90 Å². The van der Waals surface area contributed by atoms with Crippen LogP contribution in [0.4, 0.5) is 4.39 Å². The van der Waals surface area contributed by atoms with Crippen LogP contribution in [-0.4, -0.2) is 25.0 Å². The van der Waals surface area contributed by atoms with E-state index < -0.39 is 0 Å². The standard InChI is InChI=1S/C12H13ClFN/c1-15-6-9-5-12(9,7-15)8-2-3-10(13)11(14)4-8/h2-4,9H,5-7H2,1H3. The number of likely N-dealkylation sites (tertiary alicyclic amines) is 1. The van der Waals surface area contributed by atoms with Gasteiger partial charge in [0.2, 0.25) is 0 Å². The van der Waals surface area contributed by atoms with Gasteiger partial charge in [-0.05, 0) is 37.1 Å². The minimum absolute atomic E-state index is 0.221. The molecule has 1 aliphatic heterocycles. The molecule has 0 bridgehead atoms. The maximum absolute atomic E-state index is 13.4. The van der Waals surface area contributed by atoms with Crippen LogP contribution in [0.5, 0.6) is 0 Å². The molecule has 15 heavy (non-hydrogen) atoms. The summed E-state index contributed by atoms with van der Waals surface area (Å²) >= 11 is 5.69. The Kier molecular flexibility index (Phi) is 1.89. The quantitative estimate of drug-likeness (QED) is 0.711. The molecule has 1 nitrogen and oxygen atoms in total. The lowest BCUT2D eigenvalue weighted by molar-refractivity contribution is 0.363. The number of hydrogen-bond acceptors (Lipinski definition) is 1. The fourth-order valence-electron chi connectivity index (χ4n) is 2.99. The first-order chi connectivity index (χ1) is 7.12. The number of likely N-dealkylation sites (N-methyl/N-ethyl adjacent to an activating group) is 1. The molecule has 2 aliphatic rings. The SMILES string of the molecule is CN1CC2CC2(c2ccc(Cl)c(F)c2)C1. The van der Waals surface area contributed by atoms with E-state index in [1.165, 1.54) is 6.42 Å². The molecule has 2 atom stereocenters. The number of nitrogens with zero attached hydrogens (tertiary/aromatic N) is 1. The van der Waals surface area contributed by atoms with Crippen molar-refractivity contribution in [1.29, 1.82) is 0 Å². The van der Waals surface area contributed by atoms with Gasteiger partial charge in [-0.3, -0.25) is 0 Å². The highest BCUT2D eigenvalue weighted by Gasteiger charge is 2.59. The molecule has 0 aromatic heterocycles. The van der Waals surface area contributed by atoms with Crippen LogP contribution in [-0.2, 0) is 5.41 Å². The first-order valence-electron chi connectivity index (χ1n) is 5.26. The monoisotopic (exact) mass is 225 g/mol. The van der Waals surface area contributed by atoms with Crippen molar-refractivity contribution in [3.8, 4) is 0 Å². The van der Waals surface area contributed by atoms with Gasteiger partial charge in [-0.2, -0.15) is 0 Å². The van der Waals surface area contributed by atoms with Crippen molar-refractivity contribution in [3.05, 3.63) is 34.6 Å². The first kappa shape index (κ1) is 9.61. The molecule has 3 rings (SSSR count). The third kappa shape index (κ3) is 1.31. The molecule has 0 amide bonds. The van der Waals surface area contributed by atoms with E-state index in [-0.39, 0.29) is 16.3 Å². The van der Waals surface area contributed by atoms with Crippen molar-refractivity contribution in [2.75, 3.05) is 20.1 Å². The summed E-state index contributed by atoms with van der Waals surface area (Å²) in [6.07, 6.45) is 1.21. The number of benzene rings is 1. The van der Waals surface area contributed by atoms with Crippen LogP contribution in [0.3, 0.4) is 0 Å². The van der Waals surface area contributed by atoms with E-state index in [4.69, 9.17) is 11.6 Å². The maximum Gasteiger partial charge on any atom is 0.142 e. The second-order valence-corrected chi connectivity index (χ2v) is 5.29. The molecule has 80 valence electrons. The summed E-state index contributed by atoms with van der Waals surface area (Å²) in [5.74, 6) is 0.437. The highest BCUT2D eigenvalue weighted by molar-refractivity contribution is 6.30. The smallest absolute Gasteiger partial charge is 0.142 e. The lowest BCUT2D eigenvalue weighted by Crippen LogP contribution is -2.22. The normalized spacial score (nSPS) is 34.2. The fourth-order valence-corrected chi connectivity index (χ4v) is 3.10. The predicted octanol–water partition coefficient (Wildman–Crippen LogP) is 2.68. The molecular formula is C12H13ClFN. The second kappa shape index (κ2) is 2.96. The molecule has 1 aliphatic carbocycles. The Balaban J connectivity index is 1.97. The third-order valence-corrected chi connectivity index (χ3v) is 4.12. The molecule has 1 heterocycles. The van der Waals surface area contributed by atoms with Gasteiger partial charge in [0.1, 0.15) is 5.82 Å². The van der Waals surface area contributed by atoms with E-state index in [1.54, 1.807) is 12.1 Å². The lowest BCUT2D eigenvalue weighted by atomic mass is 9.95. The highest BCUT2D eigenvalue weighted by atomic mass is 35.5. The largest absolute Gasteiger partial charge is 0.305 e. The van der Waals surface area contributed by atoms with E-state index in [0.29, 0.717) is 0 Å². The van der Waals surface area contributed by atoms with Gasteiger partial charge in [0.15, 0.2) is 0 Å². The first-order valence-corrected chi connectivity index (χ1v) is 5.64. The molecule has 1 aromatic rings. The number of piperidine rings is 1. The molecule has 1 aromatic carbocycles. The summed E-state index contributed by atoms with van der Waals surface area (Å²) in [6, 6.07) is 5.26. The van der Waals surface area contributed by atoms with Crippen LogP contribution in [0.15, 0.2) is 18.2 Å². The number of fused-ring (bicyclic) bond motifs is 1. The summed E-state index contributed by atoms with van der Waals surface area (Å²) in [7, 11) is 2.13. The van der Waals surface area contributed by atoms with E-state index in [1.807, 2.05) is 6.07 Å². The molecule has 2 unspecified atom stereocenters. The van der Waals surface area contributed by atoms with E-state index in [2.05, 4.69) is 11.9 Å². The van der Waals surface area contributed by atoms with Gasteiger partial charge in [0, 0.05) is 18.5 Å². The third-order valence-electron chi connectivity index (χ3n) is 3.81. The predicted molar refractivity (Wildman–Crippen MR) is 58.7 cm³/mol. The van der Waals surface area contributed by atoms with Crippen LogP contribution in [0, 0.1) is 11.7 Å². The molecule has 1 saturated heterocycles. The second-order valence-electron chi connectivity index (χ2n) is 4.88. The number of rotatable bonds is 1. The molecular weight excluding hydrogens is 213 g/mol. The van der Waals surface area contributed by atoms with Gasteiger partial charge in [-0.15, -0.1) is 0 Å². The molecule has 1 saturated carbocycles. The summed E-state index contributed by atoms with van der Waals surface area (Å²) in [5.41, 5.74) is 1.36. The van der Waals surface area contributed by atoms with Gasteiger partial charge in [0.25, 0.3) is 0 Å². The average Bonchev–Trinajstić information content (AvgIpc) is 2.75. The molecule has 2 fully saturated rings. The van der Waals surface area contributed by atoms with Crippen molar-refractivity contribution < 1.29 is 4.39 Å². The minimum atomic E-state index is -0.288. The van der Waals surface area contributed by atoms with Crippen molar-refractivity contribution in [2.45, 2.75) is 11.8 Å². The van der Waals surface area contributed by atoms with Gasteiger partial charge in [-0.1, -0.05) is 17.7 Å². The Morgan fingerprint density at radius 3 is 2.93 bits per heavy atom. The van der Waals surface area contributed by atoms with Crippen LogP contribution in [0.25, 0.3) is 0 Å². The molecule has 3 heteroatoms. The Labute approximate surface area is 93.8 Å². The Hall–Kier alpha value is -0.600. The Morgan fingerprint density at radius 2 is 2.33 bits per heavy atom. The van der Waals surface area contributed by atoms with Gasteiger partial charge < -0.3 is 4.90 Å². The molecule has 0 spiro atoms. The van der Waals surface area contributed by atoms with Crippen molar-refractivity contribution in [3.63, 3.8) is 0 Å². The summed E-state index contributed by atoms with van der Waals surface area (Å²) < 4.78 is 13.4. The average molecular weight is 226 g/mol. The maximum atomic E-state index is 13.4. The van der Waals surface area contributed by atoms with Crippen molar-refractivity contribution in [2.24, 2.45) is 5.92 Å². The molecule has 0 N–H and O–H groups in total. The van der Waals surface area contributed by atoms with Crippen LogP contribution >= 0.6 is 11.6 Å². The van der Waals surface area contributed by atoms with Gasteiger partial charge in [-0.25, -0.2) is 4.39 Å². The topological polar surface area (TPSA) is 3.24 Å². The van der Waals surface area contributed by atoms with E-state index in [9.17, 15) is 4.39 Å². The zero-order valence-electron chi connectivity index (χ0n) is 8.63. The zero-order chi connectivity index (χ0) is 10.6. The number of hydrogen-bond donors (Lipinski definition) is 0. The summed E-state index contributed by atoms with van der Waals surface area (Å²) in [6.45, 7) is 2.20. The van der Waals surface area contributed by atoms with E-state index in [0.717, 1.165) is 24.6 Å².